The summed E-state index contributed by atoms with van der Waals surface area (Å²) >= 11 is 0. The van der Waals surface area contributed by atoms with Crippen LogP contribution in [0.2, 0.25) is 0 Å². The van der Waals surface area contributed by atoms with Gasteiger partial charge in [0.15, 0.2) is 0 Å². The average molecular weight is 559 g/mol. The van der Waals surface area contributed by atoms with Crippen molar-refractivity contribution in [2.24, 2.45) is 5.92 Å². The second-order valence-electron chi connectivity index (χ2n) is 11.0. The number of aromatic nitrogens is 4. The Labute approximate surface area is 234 Å². The molecule has 4 aromatic rings. The van der Waals surface area contributed by atoms with Crippen LogP contribution >= 0.6 is 0 Å². The van der Waals surface area contributed by atoms with Crippen LogP contribution in [-0.4, -0.2) is 61.3 Å². The second kappa shape index (κ2) is 9.94. The molecule has 210 valence electrons. The van der Waals surface area contributed by atoms with Gasteiger partial charge in [-0.15, -0.1) is 0 Å². The van der Waals surface area contributed by atoms with Crippen molar-refractivity contribution in [1.82, 2.24) is 24.4 Å². The number of halogens is 1. The van der Waals surface area contributed by atoms with Crippen molar-refractivity contribution < 1.29 is 28.2 Å². The lowest BCUT2D eigenvalue weighted by Gasteiger charge is -2.32. The fourth-order valence-corrected chi connectivity index (χ4v) is 6.02. The summed E-state index contributed by atoms with van der Waals surface area (Å²) in [6.45, 7) is 3.64. The number of carboxylic acids is 1. The van der Waals surface area contributed by atoms with Crippen LogP contribution < -0.4 is 4.74 Å². The van der Waals surface area contributed by atoms with Gasteiger partial charge in [-0.3, -0.25) is 4.90 Å². The number of nitriles is 1. The molecule has 3 atom stereocenters. The maximum atomic E-state index is 14.3. The van der Waals surface area contributed by atoms with Crippen LogP contribution in [0.5, 0.6) is 5.88 Å². The van der Waals surface area contributed by atoms with Gasteiger partial charge in [-0.25, -0.2) is 14.2 Å². The molecule has 3 aromatic heterocycles. The number of hydrogen-bond donors (Lipinski definition) is 1. The van der Waals surface area contributed by atoms with E-state index in [1.54, 1.807) is 18.2 Å². The van der Waals surface area contributed by atoms with E-state index >= 15 is 0 Å². The normalized spacial score (nSPS) is 23.5. The molecule has 5 heterocycles. The molecule has 0 radical (unpaired) electrons. The predicted octanol–water partition coefficient (Wildman–Crippen LogP) is 3.66. The zero-order chi connectivity index (χ0) is 28.1. The van der Waals surface area contributed by atoms with Crippen LogP contribution in [-0.2, 0) is 29.8 Å². The van der Waals surface area contributed by atoms with E-state index in [-0.39, 0.29) is 35.3 Å². The highest BCUT2D eigenvalue weighted by molar-refractivity contribution is 5.85. The molecular formula is C29H27FN6O5. The van der Waals surface area contributed by atoms with Crippen LogP contribution in [0.4, 0.5) is 4.39 Å². The number of pyridine rings is 1. The number of carbonyl (C=O) groups is 1. The van der Waals surface area contributed by atoms with Crippen LogP contribution in [0.15, 0.2) is 40.8 Å². The van der Waals surface area contributed by atoms with Gasteiger partial charge in [0, 0.05) is 30.2 Å². The van der Waals surface area contributed by atoms with E-state index < -0.39 is 11.8 Å². The van der Waals surface area contributed by atoms with E-state index in [0.717, 1.165) is 50.5 Å². The molecule has 0 amide bonds. The molecule has 2 aliphatic heterocycles. The summed E-state index contributed by atoms with van der Waals surface area (Å²) in [4.78, 5) is 27.3. The highest BCUT2D eigenvalue weighted by Crippen LogP contribution is 2.58. The smallest absolute Gasteiger partial charge is 0.392 e. The van der Waals surface area contributed by atoms with Crippen molar-refractivity contribution in [2.75, 3.05) is 19.7 Å². The number of fused-ring (bicyclic) bond motifs is 2. The molecule has 1 N–H and O–H groups in total. The van der Waals surface area contributed by atoms with Crippen LogP contribution in [0.3, 0.4) is 0 Å². The number of nitrogens with zero attached hydrogens (tertiary/aromatic N) is 6. The van der Waals surface area contributed by atoms with E-state index in [1.807, 2.05) is 22.8 Å². The van der Waals surface area contributed by atoms with Gasteiger partial charge in [-0.05, 0) is 49.9 Å². The molecule has 3 aliphatic rings. The minimum Gasteiger partial charge on any atom is -0.474 e. The van der Waals surface area contributed by atoms with Crippen molar-refractivity contribution in [2.45, 2.75) is 50.5 Å². The molecule has 2 saturated heterocycles. The molecular weight excluding hydrogens is 531 g/mol. The lowest BCUT2D eigenvalue weighted by Crippen LogP contribution is -2.37. The predicted molar refractivity (Wildman–Crippen MR) is 140 cm³/mol. The number of ether oxygens (including phenoxy) is 2. The van der Waals surface area contributed by atoms with E-state index in [1.165, 1.54) is 6.07 Å². The van der Waals surface area contributed by atoms with Crippen molar-refractivity contribution in [1.29, 1.82) is 5.26 Å². The van der Waals surface area contributed by atoms with E-state index in [2.05, 4.69) is 14.9 Å². The first kappa shape index (κ1) is 25.6. The SMILES string of the molecule is N#Cc1ccc(COc2cccc([C@]34CCN(Cc5nc6oc(C(=O)O)nc6n5CC5CCO5)C[C@H]3C4)n2)c(F)c1. The Hall–Kier alpha value is -4.34. The number of likely N-dealkylation sites (tertiary alicyclic amines) is 1. The molecule has 11 nitrogen and oxygen atoms in total. The summed E-state index contributed by atoms with van der Waals surface area (Å²) in [6.07, 6.45) is 2.96. The maximum Gasteiger partial charge on any atom is 0.392 e. The van der Waals surface area contributed by atoms with Crippen molar-refractivity contribution >= 4 is 17.3 Å². The largest absolute Gasteiger partial charge is 0.474 e. The zero-order valence-electron chi connectivity index (χ0n) is 22.1. The van der Waals surface area contributed by atoms with Gasteiger partial charge < -0.3 is 23.6 Å². The summed E-state index contributed by atoms with van der Waals surface area (Å²) in [5.74, 6) is -0.381. The Bertz CT molecular complexity index is 1690. The summed E-state index contributed by atoms with van der Waals surface area (Å²) in [5, 5.41) is 18.2. The molecule has 0 bridgehead atoms. The maximum absolute atomic E-state index is 14.3. The Balaban J connectivity index is 1.03. The second-order valence-corrected chi connectivity index (χ2v) is 11.0. The molecule has 41 heavy (non-hydrogen) atoms. The topological polar surface area (TPSA) is 140 Å². The van der Waals surface area contributed by atoms with E-state index in [4.69, 9.17) is 24.1 Å². The van der Waals surface area contributed by atoms with Gasteiger partial charge in [-0.1, -0.05) is 12.1 Å². The first-order chi connectivity index (χ1) is 19.9. The Morgan fingerprint density at radius 3 is 2.88 bits per heavy atom. The molecule has 1 unspecified atom stereocenters. The van der Waals surface area contributed by atoms with Crippen molar-refractivity contribution in [3.05, 3.63) is 70.8 Å². The fraction of sp³-hybridized carbons (Fsp3) is 0.414. The van der Waals surface area contributed by atoms with Gasteiger partial charge in [0.05, 0.1) is 36.5 Å². The minimum atomic E-state index is -1.22. The van der Waals surface area contributed by atoms with Crippen molar-refractivity contribution in [3.63, 3.8) is 0 Å². The lowest BCUT2D eigenvalue weighted by molar-refractivity contribution is -0.0593. The Kier molecular flexibility index (Phi) is 6.21. The van der Waals surface area contributed by atoms with Crippen molar-refractivity contribution in [3.8, 4) is 11.9 Å². The van der Waals surface area contributed by atoms with Gasteiger partial charge in [0.2, 0.25) is 11.5 Å². The van der Waals surface area contributed by atoms with Crippen LogP contribution in [0.25, 0.3) is 11.4 Å². The van der Waals surface area contributed by atoms with E-state index in [9.17, 15) is 14.3 Å². The fourth-order valence-electron chi connectivity index (χ4n) is 6.02. The number of carboxylic acid groups (broad SMARTS) is 1. The molecule has 7 rings (SSSR count). The summed E-state index contributed by atoms with van der Waals surface area (Å²) < 4.78 is 33.0. The standard InChI is InChI=1S/C29H27FN6O5/c30-21-10-17(12-31)4-5-18(21)16-40-24-3-1-2-22(32-24)29-7-8-35(13-19(29)11-29)15-23-33-26-25(34-27(41-26)28(37)38)36(23)14-20-6-9-39-20/h1-5,10,19-20H,6-9,11,13-16H2,(H,37,38)/t19-,20?,29+/m1/s1. The molecule has 1 saturated carbocycles. The minimum absolute atomic E-state index is 0.00366. The summed E-state index contributed by atoms with van der Waals surface area (Å²) in [7, 11) is 0. The zero-order valence-corrected chi connectivity index (χ0v) is 22.1. The van der Waals surface area contributed by atoms with Gasteiger partial charge in [0.1, 0.15) is 18.2 Å². The van der Waals surface area contributed by atoms with Crippen LogP contribution in [0, 0.1) is 23.1 Å². The summed E-state index contributed by atoms with van der Waals surface area (Å²) in [5.41, 5.74) is 2.30. The highest BCUT2D eigenvalue weighted by atomic mass is 19.1. The third-order valence-electron chi connectivity index (χ3n) is 8.49. The molecule has 0 spiro atoms. The van der Waals surface area contributed by atoms with Gasteiger partial charge >= 0.3 is 11.9 Å². The molecule has 12 heteroatoms. The first-order valence-electron chi connectivity index (χ1n) is 13.6. The Morgan fingerprint density at radius 1 is 1.27 bits per heavy atom. The average Bonchev–Trinajstić information content (AvgIpc) is 3.40. The Morgan fingerprint density at radius 2 is 2.15 bits per heavy atom. The highest BCUT2D eigenvalue weighted by Gasteiger charge is 2.58. The first-order valence-corrected chi connectivity index (χ1v) is 13.6. The summed E-state index contributed by atoms with van der Waals surface area (Å²) in [6, 6.07) is 12.0. The number of hydrogen-bond acceptors (Lipinski definition) is 9. The lowest BCUT2D eigenvalue weighted by atomic mass is 9.91. The molecule has 1 aromatic carbocycles. The number of oxazole rings is 1. The quantitative estimate of drug-likeness (QED) is 0.324. The number of rotatable bonds is 9. The number of benzene rings is 1. The number of piperidine rings is 1. The number of imidazole rings is 1. The van der Waals surface area contributed by atoms with Crippen LogP contribution in [0.1, 0.15) is 52.6 Å². The number of aromatic carboxylic acids is 1. The monoisotopic (exact) mass is 558 g/mol. The third kappa shape index (κ3) is 4.71. The van der Waals surface area contributed by atoms with E-state index in [0.29, 0.717) is 36.1 Å². The van der Waals surface area contributed by atoms with Gasteiger partial charge in [-0.2, -0.15) is 15.2 Å². The molecule has 1 aliphatic carbocycles. The van der Waals surface area contributed by atoms with Gasteiger partial charge in [0.25, 0.3) is 5.71 Å². The third-order valence-corrected chi connectivity index (χ3v) is 8.49. The molecule has 3 fully saturated rings.